The van der Waals surface area contributed by atoms with E-state index in [1.807, 2.05) is 0 Å². The average Bonchev–Trinajstić information content (AvgIpc) is 2.63. The van der Waals surface area contributed by atoms with Gasteiger partial charge in [0.25, 0.3) is 0 Å². The smallest absolute Gasteiger partial charge is 0.375 e. The second-order valence-corrected chi connectivity index (χ2v) is 5.12. The molecule has 2 heterocycles. The highest BCUT2D eigenvalue weighted by Gasteiger charge is 2.47. The Labute approximate surface area is 84.5 Å². The van der Waals surface area contributed by atoms with E-state index in [1.165, 1.54) is 0 Å². The minimum Gasteiger partial charge on any atom is -0.477 e. The molecule has 0 aromatic carbocycles. The topological polar surface area (TPSA) is 40.5 Å². The van der Waals surface area contributed by atoms with Gasteiger partial charge in [0.2, 0.25) is 0 Å². The van der Waals surface area contributed by atoms with E-state index in [2.05, 4.69) is 0 Å². The molecule has 2 atom stereocenters. The maximum Gasteiger partial charge on any atom is 0.375 e. The van der Waals surface area contributed by atoms with E-state index in [0.717, 1.165) is 12.2 Å². The van der Waals surface area contributed by atoms with Gasteiger partial charge in [0.1, 0.15) is 0 Å². The summed E-state index contributed by atoms with van der Waals surface area (Å²) in [7, 11) is 0. The predicted molar refractivity (Wildman–Crippen MR) is 48.8 cm³/mol. The lowest BCUT2D eigenvalue weighted by molar-refractivity contribution is -0.167. The van der Waals surface area contributed by atoms with Crippen LogP contribution in [0.1, 0.15) is 6.42 Å². The Morgan fingerprint density at radius 2 is 2.36 bits per heavy atom. The number of aliphatic carboxylic acids is 1. The van der Waals surface area contributed by atoms with Crippen molar-refractivity contribution in [1.82, 2.24) is 4.90 Å². The zero-order valence-electron chi connectivity index (χ0n) is 7.45. The van der Waals surface area contributed by atoms with Crippen molar-refractivity contribution in [2.45, 2.75) is 23.6 Å². The number of halogens is 2. The van der Waals surface area contributed by atoms with Gasteiger partial charge < -0.3 is 5.11 Å². The van der Waals surface area contributed by atoms with E-state index in [9.17, 15) is 13.6 Å². The molecule has 0 saturated carbocycles. The highest BCUT2D eigenvalue weighted by atomic mass is 32.2. The maximum atomic E-state index is 12.9. The molecule has 2 saturated heterocycles. The van der Waals surface area contributed by atoms with E-state index in [1.54, 1.807) is 16.7 Å². The number of hydrogen-bond acceptors (Lipinski definition) is 3. The molecule has 2 rings (SSSR count). The van der Waals surface area contributed by atoms with Crippen molar-refractivity contribution in [3.8, 4) is 0 Å². The third-order valence-electron chi connectivity index (χ3n) is 2.73. The number of rotatable bonds is 3. The highest BCUT2D eigenvalue weighted by molar-refractivity contribution is 8.00. The fourth-order valence-electron chi connectivity index (χ4n) is 2.00. The zero-order valence-corrected chi connectivity index (χ0v) is 8.27. The summed E-state index contributed by atoms with van der Waals surface area (Å²) in [5, 5.41) is 8.72. The number of carbonyl (C=O) groups is 1. The first-order valence-electron chi connectivity index (χ1n) is 4.46. The van der Waals surface area contributed by atoms with Gasteiger partial charge in [0, 0.05) is 23.6 Å². The number of carboxylic acids is 1. The molecule has 2 fully saturated rings. The molecule has 2 aliphatic rings. The Hall–Kier alpha value is -0.360. The third kappa shape index (κ3) is 1.72. The fourth-order valence-corrected chi connectivity index (χ4v) is 3.49. The summed E-state index contributed by atoms with van der Waals surface area (Å²) < 4.78 is 25.7. The molecule has 0 radical (unpaired) electrons. The van der Waals surface area contributed by atoms with Crippen LogP contribution in [-0.4, -0.2) is 52.0 Å². The van der Waals surface area contributed by atoms with E-state index in [4.69, 9.17) is 5.11 Å². The predicted octanol–water partition coefficient (Wildman–Crippen LogP) is 0.896. The molecular weight excluding hydrogens is 212 g/mol. The van der Waals surface area contributed by atoms with Crippen molar-refractivity contribution in [3.05, 3.63) is 0 Å². The molecule has 80 valence electrons. The zero-order chi connectivity index (χ0) is 10.3. The van der Waals surface area contributed by atoms with Crippen molar-refractivity contribution in [1.29, 1.82) is 0 Å². The number of thioether (sulfide) groups is 1. The van der Waals surface area contributed by atoms with Gasteiger partial charge in [0.15, 0.2) is 0 Å². The number of hydrogen-bond donors (Lipinski definition) is 1. The second kappa shape index (κ2) is 3.34. The lowest BCUT2D eigenvalue weighted by atomic mass is 10.2. The Bertz CT molecular complexity index is 262. The standard InChI is InChI=1S/C8H11F2NO2S/c9-8(10,7(12)13)4-11-2-6-1-5(11)3-14-6/h5-6H,1-4H2,(H,12,13). The molecule has 3 nitrogen and oxygen atoms in total. The Morgan fingerprint density at radius 3 is 2.79 bits per heavy atom. The molecule has 0 amide bonds. The normalized spacial score (nSPS) is 32.4. The van der Waals surface area contributed by atoms with Gasteiger partial charge in [0.05, 0.1) is 6.54 Å². The van der Waals surface area contributed by atoms with Gasteiger partial charge >= 0.3 is 11.9 Å². The summed E-state index contributed by atoms with van der Waals surface area (Å²) in [4.78, 5) is 11.8. The minimum atomic E-state index is -3.60. The largest absolute Gasteiger partial charge is 0.477 e. The first kappa shape index (κ1) is 10.2. The van der Waals surface area contributed by atoms with Crippen molar-refractivity contribution in [2.24, 2.45) is 0 Å². The summed E-state index contributed by atoms with van der Waals surface area (Å²) in [5.41, 5.74) is 0. The van der Waals surface area contributed by atoms with Crippen LogP contribution in [0.25, 0.3) is 0 Å². The van der Waals surface area contributed by atoms with E-state index >= 15 is 0 Å². The van der Waals surface area contributed by atoms with Crippen molar-refractivity contribution < 1.29 is 18.7 Å². The molecule has 0 aromatic heterocycles. The lowest BCUT2D eigenvalue weighted by Crippen LogP contribution is -2.46. The van der Waals surface area contributed by atoms with Crippen LogP contribution in [0.5, 0.6) is 0 Å². The Morgan fingerprint density at radius 1 is 1.64 bits per heavy atom. The monoisotopic (exact) mass is 223 g/mol. The van der Waals surface area contributed by atoms with Gasteiger partial charge in [-0.1, -0.05) is 0 Å². The van der Waals surface area contributed by atoms with Gasteiger partial charge in [-0.25, -0.2) is 4.79 Å². The SMILES string of the molecule is O=C(O)C(F)(F)CN1CC2CC1CS2. The summed E-state index contributed by atoms with van der Waals surface area (Å²) >= 11 is 1.80. The first-order valence-corrected chi connectivity index (χ1v) is 5.51. The molecule has 2 unspecified atom stereocenters. The molecule has 0 aromatic rings. The van der Waals surface area contributed by atoms with Crippen LogP contribution in [0, 0.1) is 0 Å². The molecule has 2 bridgehead atoms. The van der Waals surface area contributed by atoms with E-state index in [0.29, 0.717) is 11.8 Å². The van der Waals surface area contributed by atoms with Crippen LogP contribution >= 0.6 is 11.8 Å². The van der Waals surface area contributed by atoms with Gasteiger partial charge in [-0.3, -0.25) is 4.90 Å². The molecular formula is C8H11F2NO2S. The van der Waals surface area contributed by atoms with Crippen molar-refractivity contribution in [2.75, 3.05) is 18.8 Å². The summed E-state index contributed by atoms with van der Waals surface area (Å²) in [6, 6.07) is 0.162. The molecule has 14 heavy (non-hydrogen) atoms. The number of likely N-dealkylation sites (tertiary alicyclic amines) is 1. The van der Waals surface area contributed by atoms with Gasteiger partial charge in [-0.15, -0.1) is 0 Å². The number of fused-ring (bicyclic) bond motifs is 2. The summed E-state index contributed by atoms with van der Waals surface area (Å²) in [5.74, 6) is -4.76. The maximum absolute atomic E-state index is 12.9. The summed E-state index contributed by atoms with van der Waals surface area (Å²) in [6.07, 6.45) is 0.931. The number of carboxylic acid groups (broad SMARTS) is 1. The molecule has 2 aliphatic heterocycles. The third-order valence-corrected chi connectivity index (χ3v) is 4.12. The van der Waals surface area contributed by atoms with Crippen LogP contribution in [0.3, 0.4) is 0 Å². The van der Waals surface area contributed by atoms with Crippen LogP contribution in [-0.2, 0) is 4.79 Å². The fraction of sp³-hybridized carbons (Fsp3) is 0.875. The molecule has 6 heteroatoms. The lowest BCUT2D eigenvalue weighted by Gasteiger charge is -2.28. The Balaban J connectivity index is 1.95. The number of alkyl halides is 2. The van der Waals surface area contributed by atoms with Crippen LogP contribution in [0.15, 0.2) is 0 Å². The highest BCUT2D eigenvalue weighted by Crippen LogP contribution is 2.38. The van der Waals surface area contributed by atoms with Gasteiger partial charge in [-0.2, -0.15) is 20.5 Å². The summed E-state index contributed by atoms with van der Waals surface area (Å²) in [6.45, 7) is -0.0255. The number of nitrogens with zero attached hydrogens (tertiary/aromatic N) is 1. The first-order chi connectivity index (χ1) is 6.49. The van der Waals surface area contributed by atoms with E-state index < -0.39 is 18.4 Å². The Kier molecular flexibility index (Phi) is 2.43. The molecule has 0 spiro atoms. The van der Waals surface area contributed by atoms with Crippen LogP contribution in [0.2, 0.25) is 0 Å². The minimum absolute atomic E-state index is 0.162. The van der Waals surface area contributed by atoms with Crippen LogP contribution < -0.4 is 0 Å². The van der Waals surface area contributed by atoms with Crippen molar-refractivity contribution >= 4 is 17.7 Å². The van der Waals surface area contributed by atoms with E-state index in [-0.39, 0.29) is 6.04 Å². The average molecular weight is 223 g/mol. The molecule has 1 N–H and O–H groups in total. The second-order valence-electron chi connectivity index (χ2n) is 3.78. The quantitative estimate of drug-likeness (QED) is 0.771. The van der Waals surface area contributed by atoms with Gasteiger partial charge in [-0.05, 0) is 6.42 Å². The van der Waals surface area contributed by atoms with Crippen LogP contribution in [0.4, 0.5) is 8.78 Å². The molecule has 0 aliphatic carbocycles. The van der Waals surface area contributed by atoms with Crippen molar-refractivity contribution in [3.63, 3.8) is 0 Å².